The van der Waals surface area contributed by atoms with E-state index in [1.807, 2.05) is 0 Å². The number of carbonyl (C=O) groups is 1. The molecular weight excluding hydrogens is 240 g/mol. The van der Waals surface area contributed by atoms with Crippen molar-refractivity contribution in [3.05, 3.63) is 0 Å². The van der Waals surface area contributed by atoms with Gasteiger partial charge in [-0.1, -0.05) is 27.7 Å². The SMILES string of the molecule is CCNC1CC(C)(C)CC(C)(CNCCC(=O)O)C1. The van der Waals surface area contributed by atoms with Crippen molar-refractivity contribution in [2.75, 3.05) is 19.6 Å². The molecule has 1 rings (SSSR count). The van der Waals surface area contributed by atoms with Crippen LogP contribution in [0.3, 0.4) is 0 Å². The summed E-state index contributed by atoms with van der Waals surface area (Å²) < 4.78 is 0. The molecule has 1 aliphatic carbocycles. The van der Waals surface area contributed by atoms with E-state index in [2.05, 4.69) is 38.3 Å². The van der Waals surface area contributed by atoms with Crippen LogP contribution in [0.25, 0.3) is 0 Å². The van der Waals surface area contributed by atoms with Gasteiger partial charge in [0, 0.05) is 19.1 Å². The molecule has 0 aromatic rings. The molecule has 0 aromatic heterocycles. The second kappa shape index (κ2) is 6.71. The maximum atomic E-state index is 10.5. The number of carboxylic acid groups (broad SMARTS) is 1. The lowest BCUT2D eigenvalue weighted by atomic mass is 9.62. The predicted octanol–water partition coefficient (Wildman–Crippen LogP) is 2.25. The summed E-state index contributed by atoms with van der Waals surface area (Å²) in [5.74, 6) is -0.729. The Morgan fingerprint density at radius 3 is 2.58 bits per heavy atom. The fraction of sp³-hybridized carbons (Fsp3) is 0.933. The Morgan fingerprint density at radius 1 is 1.32 bits per heavy atom. The van der Waals surface area contributed by atoms with Gasteiger partial charge >= 0.3 is 5.97 Å². The molecule has 112 valence electrons. The Labute approximate surface area is 117 Å². The first kappa shape index (κ1) is 16.4. The van der Waals surface area contributed by atoms with E-state index in [9.17, 15) is 4.79 Å². The maximum absolute atomic E-state index is 10.5. The minimum Gasteiger partial charge on any atom is -0.481 e. The Balaban J connectivity index is 2.50. The lowest BCUT2D eigenvalue weighted by molar-refractivity contribution is -0.136. The van der Waals surface area contributed by atoms with Gasteiger partial charge in [0.05, 0.1) is 6.42 Å². The van der Waals surface area contributed by atoms with Gasteiger partial charge in [0.25, 0.3) is 0 Å². The fourth-order valence-electron chi connectivity index (χ4n) is 3.79. The van der Waals surface area contributed by atoms with Gasteiger partial charge < -0.3 is 15.7 Å². The molecule has 3 N–H and O–H groups in total. The Kier molecular flexibility index (Phi) is 5.81. The van der Waals surface area contributed by atoms with E-state index in [0.717, 1.165) is 13.1 Å². The zero-order valence-electron chi connectivity index (χ0n) is 12.9. The molecule has 0 heterocycles. The van der Waals surface area contributed by atoms with Crippen molar-refractivity contribution in [1.29, 1.82) is 0 Å². The summed E-state index contributed by atoms with van der Waals surface area (Å²) in [7, 11) is 0. The third kappa shape index (κ3) is 5.91. The molecule has 2 unspecified atom stereocenters. The summed E-state index contributed by atoms with van der Waals surface area (Å²) in [4.78, 5) is 10.5. The van der Waals surface area contributed by atoms with Crippen LogP contribution in [0.4, 0.5) is 0 Å². The minimum absolute atomic E-state index is 0.204. The molecule has 1 fully saturated rings. The lowest BCUT2D eigenvalue weighted by Gasteiger charge is -2.47. The van der Waals surface area contributed by atoms with Crippen LogP contribution in [0.5, 0.6) is 0 Å². The Bertz CT molecular complexity index is 305. The molecule has 2 atom stereocenters. The van der Waals surface area contributed by atoms with Crippen LogP contribution >= 0.6 is 0 Å². The molecule has 0 spiro atoms. The fourth-order valence-corrected chi connectivity index (χ4v) is 3.79. The number of hydrogen-bond donors (Lipinski definition) is 3. The van der Waals surface area contributed by atoms with Crippen LogP contribution in [-0.4, -0.2) is 36.8 Å². The molecule has 1 saturated carbocycles. The van der Waals surface area contributed by atoms with E-state index < -0.39 is 5.97 Å². The monoisotopic (exact) mass is 270 g/mol. The third-order valence-corrected chi connectivity index (χ3v) is 4.00. The van der Waals surface area contributed by atoms with Gasteiger partial charge in [0.15, 0.2) is 0 Å². The van der Waals surface area contributed by atoms with E-state index in [-0.39, 0.29) is 11.8 Å². The van der Waals surface area contributed by atoms with E-state index in [1.165, 1.54) is 19.3 Å². The maximum Gasteiger partial charge on any atom is 0.304 e. The molecule has 0 aromatic carbocycles. The first-order valence-electron chi connectivity index (χ1n) is 7.42. The minimum atomic E-state index is -0.729. The van der Waals surface area contributed by atoms with Crippen LogP contribution in [0.15, 0.2) is 0 Å². The number of aliphatic carboxylic acids is 1. The van der Waals surface area contributed by atoms with Crippen molar-refractivity contribution in [2.45, 2.75) is 59.4 Å². The quantitative estimate of drug-likeness (QED) is 0.621. The van der Waals surface area contributed by atoms with Gasteiger partial charge in [-0.2, -0.15) is 0 Å². The molecule has 0 amide bonds. The highest BCUT2D eigenvalue weighted by Gasteiger charge is 2.40. The Morgan fingerprint density at radius 2 is 2.00 bits per heavy atom. The van der Waals surface area contributed by atoms with E-state index >= 15 is 0 Å². The molecular formula is C15H30N2O2. The van der Waals surface area contributed by atoms with Crippen LogP contribution in [0.1, 0.15) is 53.4 Å². The van der Waals surface area contributed by atoms with Gasteiger partial charge in [-0.3, -0.25) is 4.79 Å². The first-order chi connectivity index (χ1) is 8.76. The van der Waals surface area contributed by atoms with Crippen LogP contribution < -0.4 is 10.6 Å². The molecule has 1 aliphatic rings. The van der Waals surface area contributed by atoms with Crippen molar-refractivity contribution < 1.29 is 9.90 Å². The predicted molar refractivity (Wildman–Crippen MR) is 78.3 cm³/mol. The third-order valence-electron chi connectivity index (χ3n) is 4.00. The lowest BCUT2D eigenvalue weighted by Crippen LogP contribution is -2.48. The van der Waals surface area contributed by atoms with E-state index in [4.69, 9.17) is 5.11 Å². The van der Waals surface area contributed by atoms with E-state index in [1.54, 1.807) is 0 Å². The van der Waals surface area contributed by atoms with Crippen LogP contribution in [0, 0.1) is 10.8 Å². The second-order valence-electron chi connectivity index (χ2n) is 7.14. The van der Waals surface area contributed by atoms with Gasteiger partial charge in [0.1, 0.15) is 0 Å². The molecule has 0 bridgehead atoms. The summed E-state index contributed by atoms with van der Waals surface area (Å²) in [6.45, 7) is 11.7. The van der Waals surface area contributed by atoms with Crippen molar-refractivity contribution in [3.8, 4) is 0 Å². The summed E-state index contributed by atoms with van der Waals surface area (Å²) in [5, 5.41) is 15.6. The molecule has 4 heteroatoms. The van der Waals surface area contributed by atoms with Crippen LogP contribution in [-0.2, 0) is 4.79 Å². The average Bonchev–Trinajstić information content (AvgIpc) is 2.22. The molecule has 0 saturated heterocycles. The van der Waals surface area contributed by atoms with Crippen molar-refractivity contribution in [2.24, 2.45) is 10.8 Å². The highest BCUT2D eigenvalue weighted by molar-refractivity contribution is 5.66. The highest BCUT2D eigenvalue weighted by Crippen LogP contribution is 2.45. The summed E-state index contributed by atoms with van der Waals surface area (Å²) in [6, 6.07) is 0.583. The normalized spacial score (nSPS) is 30.2. The first-order valence-corrected chi connectivity index (χ1v) is 7.42. The van der Waals surface area contributed by atoms with Crippen molar-refractivity contribution in [1.82, 2.24) is 10.6 Å². The zero-order chi connectivity index (χ0) is 14.5. The highest BCUT2D eigenvalue weighted by atomic mass is 16.4. The molecule has 4 nitrogen and oxygen atoms in total. The smallest absolute Gasteiger partial charge is 0.304 e. The molecule has 0 radical (unpaired) electrons. The summed E-state index contributed by atoms with van der Waals surface area (Å²) in [6.07, 6.45) is 3.80. The van der Waals surface area contributed by atoms with E-state index in [0.29, 0.717) is 18.0 Å². The largest absolute Gasteiger partial charge is 0.481 e. The molecule has 19 heavy (non-hydrogen) atoms. The average molecular weight is 270 g/mol. The Hall–Kier alpha value is -0.610. The van der Waals surface area contributed by atoms with Gasteiger partial charge in [-0.05, 0) is 36.6 Å². The standard InChI is InChI=1S/C15H30N2O2/c1-5-17-12-8-14(2,3)10-15(4,9-12)11-16-7-6-13(18)19/h12,16-17H,5-11H2,1-4H3,(H,18,19). The van der Waals surface area contributed by atoms with Crippen molar-refractivity contribution in [3.63, 3.8) is 0 Å². The van der Waals surface area contributed by atoms with Gasteiger partial charge in [0.2, 0.25) is 0 Å². The number of hydrogen-bond acceptors (Lipinski definition) is 3. The number of nitrogens with one attached hydrogen (secondary N) is 2. The number of rotatable bonds is 7. The topological polar surface area (TPSA) is 61.4 Å². The number of carboxylic acids is 1. The zero-order valence-corrected chi connectivity index (χ0v) is 12.9. The van der Waals surface area contributed by atoms with Crippen molar-refractivity contribution >= 4 is 5.97 Å². The second-order valence-corrected chi connectivity index (χ2v) is 7.14. The van der Waals surface area contributed by atoms with Crippen LogP contribution in [0.2, 0.25) is 0 Å². The van der Waals surface area contributed by atoms with Gasteiger partial charge in [-0.15, -0.1) is 0 Å². The molecule has 0 aliphatic heterocycles. The summed E-state index contributed by atoms with van der Waals surface area (Å²) >= 11 is 0. The van der Waals surface area contributed by atoms with Gasteiger partial charge in [-0.25, -0.2) is 0 Å². The summed E-state index contributed by atoms with van der Waals surface area (Å²) in [5.41, 5.74) is 0.613.